The first kappa shape index (κ1) is 18.6. The van der Waals surface area contributed by atoms with Crippen molar-refractivity contribution in [2.75, 3.05) is 0 Å². The fourth-order valence-corrected chi connectivity index (χ4v) is 3.19. The molecule has 3 aromatic carbocycles. The van der Waals surface area contributed by atoms with Crippen LogP contribution < -0.4 is 5.43 Å². The van der Waals surface area contributed by atoms with Crippen molar-refractivity contribution >= 4 is 23.0 Å². The van der Waals surface area contributed by atoms with E-state index in [1.54, 1.807) is 6.21 Å². The van der Waals surface area contributed by atoms with Gasteiger partial charge in [-0.2, -0.15) is 5.10 Å². The summed E-state index contributed by atoms with van der Waals surface area (Å²) in [7, 11) is 0. The molecular weight excluding hydrogens is 358 g/mol. The van der Waals surface area contributed by atoms with E-state index in [2.05, 4.69) is 10.5 Å². The quantitative estimate of drug-likeness (QED) is 0.387. The summed E-state index contributed by atoms with van der Waals surface area (Å²) in [6.07, 6.45) is 1.66. The van der Waals surface area contributed by atoms with E-state index in [4.69, 9.17) is 4.98 Å². The van der Waals surface area contributed by atoms with Gasteiger partial charge in [0.25, 0.3) is 5.91 Å². The molecule has 1 N–H and O–H groups in total. The fourth-order valence-electron chi connectivity index (χ4n) is 3.19. The molecule has 4 nitrogen and oxygen atoms in total. The smallest absolute Gasteiger partial charge is 0.267 e. The monoisotopic (exact) mass is 379 g/mol. The predicted molar refractivity (Wildman–Crippen MR) is 118 cm³/mol. The Morgan fingerprint density at radius 2 is 1.66 bits per heavy atom. The number of benzene rings is 3. The van der Waals surface area contributed by atoms with E-state index < -0.39 is 0 Å². The molecule has 0 atom stereocenters. The number of nitrogens with zero attached hydrogens (tertiary/aromatic N) is 2. The van der Waals surface area contributed by atoms with Crippen molar-refractivity contribution < 1.29 is 4.79 Å². The van der Waals surface area contributed by atoms with Gasteiger partial charge in [0.15, 0.2) is 0 Å². The minimum Gasteiger partial charge on any atom is -0.267 e. The number of hydrazone groups is 1. The first-order valence-electron chi connectivity index (χ1n) is 9.48. The summed E-state index contributed by atoms with van der Waals surface area (Å²) in [5.74, 6) is -0.262. The first-order chi connectivity index (χ1) is 14.1. The molecular formula is C25H21N3O. The summed E-state index contributed by atoms with van der Waals surface area (Å²) in [4.78, 5) is 17.7. The molecule has 0 bridgehead atoms. The highest BCUT2D eigenvalue weighted by Crippen LogP contribution is 2.25. The standard InChI is InChI=1S/C25H21N3O/c1-17-11-13-19(14-12-17)24-15-22(21-9-5-6-10-23(21)27-24)25(29)28-26-16-20-8-4-3-7-18(20)2/h3-16H,1-2H3,(H,28,29)/b26-16+. The van der Waals surface area contributed by atoms with Gasteiger partial charge < -0.3 is 0 Å². The second-order valence-electron chi connectivity index (χ2n) is 6.99. The molecule has 4 heteroatoms. The molecule has 4 aromatic rings. The van der Waals surface area contributed by atoms with Crippen LogP contribution in [0.1, 0.15) is 27.0 Å². The van der Waals surface area contributed by atoms with Gasteiger partial charge in [-0.05, 0) is 37.1 Å². The molecule has 142 valence electrons. The van der Waals surface area contributed by atoms with Crippen LogP contribution >= 0.6 is 0 Å². The van der Waals surface area contributed by atoms with Gasteiger partial charge in [0, 0.05) is 10.9 Å². The summed E-state index contributed by atoms with van der Waals surface area (Å²) >= 11 is 0. The zero-order chi connectivity index (χ0) is 20.2. The van der Waals surface area contributed by atoms with E-state index in [1.165, 1.54) is 5.56 Å². The molecule has 1 aromatic heterocycles. The summed E-state index contributed by atoms with van der Waals surface area (Å²) < 4.78 is 0. The zero-order valence-electron chi connectivity index (χ0n) is 16.4. The lowest BCUT2D eigenvalue weighted by atomic mass is 10.0. The minimum atomic E-state index is -0.262. The number of fused-ring (bicyclic) bond motifs is 1. The number of para-hydroxylation sites is 1. The molecule has 1 amide bonds. The van der Waals surface area contributed by atoms with Crippen molar-refractivity contribution in [2.45, 2.75) is 13.8 Å². The topological polar surface area (TPSA) is 54.4 Å². The van der Waals surface area contributed by atoms with Crippen LogP contribution in [-0.2, 0) is 0 Å². The SMILES string of the molecule is Cc1ccc(-c2cc(C(=O)N/N=C/c3ccccc3C)c3ccccc3n2)cc1. The van der Waals surface area contributed by atoms with Gasteiger partial charge >= 0.3 is 0 Å². The number of carbonyl (C=O) groups is 1. The fraction of sp³-hybridized carbons (Fsp3) is 0.0800. The Labute approximate surface area is 169 Å². The number of rotatable bonds is 4. The van der Waals surface area contributed by atoms with Gasteiger partial charge in [-0.1, -0.05) is 72.3 Å². The molecule has 0 aliphatic rings. The Morgan fingerprint density at radius 3 is 2.45 bits per heavy atom. The first-order valence-corrected chi connectivity index (χ1v) is 9.48. The van der Waals surface area contributed by atoms with Gasteiger partial charge in [-0.15, -0.1) is 0 Å². The largest absolute Gasteiger partial charge is 0.272 e. The normalized spacial score (nSPS) is 11.1. The third-order valence-electron chi connectivity index (χ3n) is 4.87. The molecule has 0 aliphatic heterocycles. The van der Waals surface area contributed by atoms with Crippen LogP contribution in [-0.4, -0.2) is 17.1 Å². The van der Waals surface area contributed by atoms with Crippen molar-refractivity contribution in [1.82, 2.24) is 10.4 Å². The van der Waals surface area contributed by atoms with E-state index in [0.717, 1.165) is 33.3 Å². The second kappa shape index (κ2) is 8.07. The molecule has 0 radical (unpaired) electrons. The van der Waals surface area contributed by atoms with Crippen molar-refractivity contribution in [2.24, 2.45) is 5.10 Å². The van der Waals surface area contributed by atoms with Gasteiger partial charge in [0.2, 0.25) is 0 Å². The Kier molecular flexibility index (Phi) is 5.16. The number of hydrogen-bond donors (Lipinski definition) is 1. The van der Waals surface area contributed by atoms with Crippen LogP contribution in [0.25, 0.3) is 22.2 Å². The number of aryl methyl sites for hydroxylation is 2. The Morgan fingerprint density at radius 1 is 0.931 bits per heavy atom. The van der Waals surface area contributed by atoms with E-state index >= 15 is 0 Å². The van der Waals surface area contributed by atoms with Gasteiger partial charge in [-0.3, -0.25) is 4.79 Å². The van der Waals surface area contributed by atoms with E-state index in [-0.39, 0.29) is 5.91 Å². The maximum absolute atomic E-state index is 12.9. The lowest BCUT2D eigenvalue weighted by Gasteiger charge is -2.09. The van der Waals surface area contributed by atoms with Gasteiger partial charge in [-0.25, -0.2) is 10.4 Å². The molecule has 0 saturated carbocycles. The molecule has 0 unspecified atom stereocenters. The Hall–Kier alpha value is -3.79. The molecule has 0 aliphatic carbocycles. The average Bonchev–Trinajstić information content (AvgIpc) is 2.74. The zero-order valence-corrected chi connectivity index (χ0v) is 16.4. The van der Waals surface area contributed by atoms with Crippen molar-refractivity contribution in [1.29, 1.82) is 0 Å². The van der Waals surface area contributed by atoms with Crippen LogP contribution in [0.5, 0.6) is 0 Å². The van der Waals surface area contributed by atoms with Crippen LogP contribution in [0.3, 0.4) is 0 Å². The molecule has 29 heavy (non-hydrogen) atoms. The summed E-state index contributed by atoms with van der Waals surface area (Å²) in [5, 5.41) is 4.95. The van der Waals surface area contributed by atoms with Crippen molar-refractivity contribution in [3.05, 3.63) is 101 Å². The van der Waals surface area contributed by atoms with Crippen molar-refractivity contribution in [3.63, 3.8) is 0 Å². The van der Waals surface area contributed by atoms with Gasteiger partial charge in [0.1, 0.15) is 0 Å². The van der Waals surface area contributed by atoms with E-state index in [1.807, 2.05) is 92.7 Å². The van der Waals surface area contributed by atoms with Crippen molar-refractivity contribution in [3.8, 4) is 11.3 Å². The third-order valence-corrected chi connectivity index (χ3v) is 4.87. The molecule has 0 fully saturated rings. The minimum absolute atomic E-state index is 0.262. The number of carbonyl (C=O) groups excluding carboxylic acids is 1. The highest BCUT2D eigenvalue weighted by atomic mass is 16.2. The molecule has 1 heterocycles. The van der Waals surface area contributed by atoms with Crippen LogP contribution in [0.2, 0.25) is 0 Å². The lowest BCUT2D eigenvalue weighted by molar-refractivity contribution is 0.0956. The maximum Gasteiger partial charge on any atom is 0.272 e. The molecule has 0 spiro atoms. The van der Waals surface area contributed by atoms with Crippen LogP contribution in [0.15, 0.2) is 84.0 Å². The highest BCUT2D eigenvalue weighted by molar-refractivity contribution is 6.07. The highest BCUT2D eigenvalue weighted by Gasteiger charge is 2.13. The van der Waals surface area contributed by atoms with Crippen LogP contribution in [0, 0.1) is 13.8 Å². The average molecular weight is 379 g/mol. The van der Waals surface area contributed by atoms with E-state index in [9.17, 15) is 4.79 Å². The number of nitrogens with one attached hydrogen (secondary N) is 1. The van der Waals surface area contributed by atoms with Crippen LogP contribution in [0.4, 0.5) is 0 Å². The molecule has 4 rings (SSSR count). The number of amides is 1. The Bertz CT molecular complexity index is 1210. The second-order valence-corrected chi connectivity index (χ2v) is 6.99. The number of pyridine rings is 1. The Balaban J connectivity index is 1.69. The lowest BCUT2D eigenvalue weighted by Crippen LogP contribution is -2.18. The summed E-state index contributed by atoms with van der Waals surface area (Å²) in [6, 6.07) is 25.5. The third kappa shape index (κ3) is 4.06. The van der Waals surface area contributed by atoms with E-state index in [0.29, 0.717) is 5.56 Å². The predicted octanol–water partition coefficient (Wildman–Crippen LogP) is 5.28. The number of aromatic nitrogens is 1. The summed E-state index contributed by atoms with van der Waals surface area (Å²) in [5.41, 5.74) is 8.96. The maximum atomic E-state index is 12.9. The number of hydrogen-bond acceptors (Lipinski definition) is 3. The summed E-state index contributed by atoms with van der Waals surface area (Å²) in [6.45, 7) is 4.05. The van der Waals surface area contributed by atoms with Gasteiger partial charge in [0.05, 0.1) is 23.0 Å². The molecule has 0 saturated heterocycles.